The topological polar surface area (TPSA) is 71.9 Å². The van der Waals surface area contributed by atoms with E-state index in [-0.39, 0.29) is 12.1 Å². The molecule has 0 spiro atoms. The standard InChI is InChI=1S/C15H24N6O/c1-11(2)7-21-14(18-10-19-21)9-20-8-12(22-3)6-13(20)15-16-4-5-17-15/h4-5,10-13H,6-9H2,1-3H3,(H,16,17)/t12-,13?/m1/s1. The number of imidazole rings is 1. The number of H-pyrrole nitrogens is 1. The van der Waals surface area contributed by atoms with E-state index in [1.807, 2.05) is 10.9 Å². The Morgan fingerprint density at radius 1 is 1.41 bits per heavy atom. The maximum atomic E-state index is 5.56. The Kier molecular flexibility index (Phi) is 4.54. The molecule has 0 radical (unpaired) electrons. The van der Waals surface area contributed by atoms with E-state index < -0.39 is 0 Å². The second-order valence-electron chi connectivity index (χ2n) is 6.27. The van der Waals surface area contributed by atoms with Crippen molar-refractivity contribution in [2.45, 2.75) is 45.5 Å². The van der Waals surface area contributed by atoms with Crippen LogP contribution in [0.5, 0.6) is 0 Å². The highest BCUT2D eigenvalue weighted by molar-refractivity contribution is 5.03. The van der Waals surface area contributed by atoms with Gasteiger partial charge in [0.05, 0.1) is 18.7 Å². The van der Waals surface area contributed by atoms with Gasteiger partial charge in [0.15, 0.2) is 0 Å². The summed E-state index contributed by atoms with van der Waals surface area (Å²) in [4.78, 5) is 14.5. The number of nitrogens with one attached hydrogen (secondary N) is 1. The van der Waals surface area contributed by atoms with Gasteiger partial charge in [0, 0.05) is 32.6 Å². The van der Waals surface area contributed by atoms with Gasteiger partial charge in [-0.05, 0) is 12.3 Å². The predicted molar refractivity (Wildman–Crippen MR) is 82.0 cm³/mol. The van der Waals surface area contributed by atoms with Gasteiger partial charge in [-0.25, -0.2) is 14.6 Å². The van der Waals surface area contributed by atoms with Gasteiger partial charge in [-0.2, -0.15) is 5.10 Å². The molecular formula is C15H24N6O. The summed E-state index contributed by atoms with van der Waals surface area (Å²) < 4.78 is 7.56. The number of hydrogen-bond donors (Lipinski definition) is 1. The van der Waals surface area contributed by atoms with Gasteiger partial charge in [-0.15, -0.1) is 0 Å². The number of ether oxygens (including phenoxy) is 1. The van der Waals surface area contributed by atoms with Crippen molar-refractivity contribution >= 4 is 0 Å². The zero-order chi connectivity index (χ0) is 15.5. The largest absolute Gasteiger partial charge is 0.380 e. The minimum Gasteiger partial charge on any atom is -0.380 e. The summed E-state index contributed by atoms with van der Waals surface area (Å²) in [5.74, 6) is 2.54. The second kappa shape index (κ2) is 6.58. The first kappa shape index (κ1) is 15.2. The third-order valence-corrected chi connectivity index (χ3v) is 4.11. The second-order valence-corrected chi connectivity index (χ2v) is 6.27. The van der Waals surface area contributed by atoms with Crippen LogP contribution < -0.4 is 0 Å². The van der Waals surface area contributed by atoms with Gasteiger partial charge in [0.1, 0.15) is 18.0 Å². The predicted octanol–water partition coefficient (Wildman–Crippen LogP) is 1.62. The van der Waals surface area contributed by atoms with E-state index in [9.17, 15) is 0 Å². The molecule has 0 bridgehead atoms. The van der Waals surface area contributed by atoms with Gasteiger partial charge in [-0.1, -0.05) is 13.8 Å². The lowest BCUT2D eigenvalue weighted by Gasteiger charge is -2.22. The number of likely N-dealkylation sites (tertiary alicyclic amines) is 1. The Hall–Kier alpha value is -1.73. The van der Waals surface area contributed by atoms with Crippen LogP contribution in [0.25, 0.3) is 0 Å². The Bertz CT molecular complexity index is 579. The van der Waals surface area contributed by atoms with Crippen molar-refractivity contribution in [1.29, 1.82) is 0 Å². The summed E-state index contributed by atoms with van der Waals surface area (Å²) in [6, 6.07) is 0.240. The molecule has 2 atom stereocenters. The number of aromatic amines is 1. The molecule has 0 saturated carbocycles. The Labute approximate surface area is 130 Å². The fraction of sp³-hybridized carbons (Fsp3) is 0.667. The maximum Gasteiger partial charge on any atom is 0.141 e. The molecule has 7 heteroatoms. The lowest BCUT2D eigenvalue weighted by molar-refractivity contribution is 0.106. The molecular weight excluding hydrogens is 280 g/mol. The molecule has 1 unspecified atom stereocenters. The van der Waals surface area contributed by atoms with Crippen molar-refractivity contribution in [2.75, 3.05) is 13.7 Å². The molecule has 120 valence electrons. The molecule has 3 heterocycles. The average molecular weight is 304 g/mol. The van der Waals surface area contributed by atoms with Crippen molar-refractivity contribution in [3.05, 3.63) is 30.4 Å². The van der Waals surface area contributed by atoms with Crippen molar-refractivity contribution in [1.82, 2.24) is 29.6 Å². The minimum absolute atomic E-state index is 0.233. The quantitative estimate of drug-likeness (QED) is 0.878. The van der Waals surface area contributed by atoms with Crippen molar-refractivity contribution in [3.8, 4) is 0 Å². The van der Waals surface area contributed by atoms with E-state index in [4.69, 9.17) is 4.74 Å². The first-order valence-electron chi connectivity index (χ1n) is 7.80. The van der Waals surface area contributed by atoms with Crippen LogP contribution in [0.3, 0.4) is 0 Å². The maximum absolute atomic E-state index is 5.56. The van der Waals surface area contributed by atoms with E-state index in [0.29, 0.717) is 5.92 Å². The van der Waals surface area contributed by atoms with Gasteiger partial charge in [-0.3, -0.25) is 4.90 Å². The number of methoxy groups -OCH3 is 1. The molecule has 1 aliphatic rings. The molecule has 2 aromatic rings. The van der Waals surface area contributed by atoms with E-state index in [2.05, 4.69) is 38.8 Å². The highest BCUT2D eigenvalue weighted by atomic mass is 16.5. The molecule has 1 fully saturated rings. The van der Waals surface area contributed by atoms with Crippen LogP contribution in [-0.4, -0.2) is 49.4 Å². The summed E-state index contributed by atoms with van der Waals surface area (Å²) in [5.41, 5.74) is 0. The Morgan fingerprint density at radius 3 is 2.95 bits per heavy atom. The van der Waals surface area contributed by atoms with Crippen LogP contribution in [0.1, 0.15) is 38.0 Å². The lowest BCUT2D eigenvalue weighted by Crippen LogP contribution is -2.27. The summed E-state index contributed by atoms with van der Waals surface area (Å²) >= 11 is 0. The molecule has 0 aromatic carbocycles. The Balaban J connectivity index is 1.76. The SMILES string of the molecule is CO[C@@H]1CC(c2ncc[nH]2)N(Cc2ncnn2CC(C)C)C1. The van der Waals surface area contributed by atoms with Gasteiger partial charge in [0.25, 0.3) is 0 Å². The molecule has 1 N–H and O–H groups in total. The van der Waals surface area contributed by atoms with Crippen LogP contribution in [0, 0.1) is 5.92 Å². The lowest BCUT2D eigenvalue weighted by atomic mass is 10.2. The molecule has 1 aliphatic heterocycles. The zero-order valence-corrected chi connectivity index (χ0v) is 13.4. The summed E-state index contributed by atoms with van der Waals surface area (Å²) in [7, 11) is 1.77. The van der Waals surface area contributed by atoms with E-state index in [0.717, 1.165) is 37.7 Å². The van der Waals surface area contributed by atoms with Crippen molar-refractivity contribution < 1.29 is 4.74 Å². The van der Waals surface area contributed by atoms with Crippen molar-refractivity contribution in [3.63, 3.8) is 0 Å². The molecule has 3 rings (SSSR count). The van der Waals surface area contributed by atoms with Crippen LogP contribution in [0.15, 0.2) is 18.7 Å². The minimum atomic E-state index is 0.233. The molecule has 7 nitrogen and oxygen atoms in total. The Morgan fingerprint density at radius 2 is 2.27 bits per heavy atom. The molecule has 1 saturated heterocycles. The molecule has 2 aromatic heterocycles. The van der Waals surface area contributed by atoms with Gasteiger partial charge < -0.3 is 9.72 Å². The highest BCUT2D eigenvalue weighted by Gasteiger charge is 2.35. The van der Waals surface area contributed by atoms with Gasteiger partial charge in [0.2, 0.25) is 0 Å². The third-order valence-electron chi connectivity index (χ3n) is 4.11. The first-order valence-corrected chi connectivity index (χ1v) is 7.80. The van der Waals surface area contributed by atoms with Crippen LogP contribution in [0.2, 0.25) is 0 Å². The number of hydrogen-bond acceptors (Lipinski definition) is 5. The fourth-order valence-electron chi connectivity index (χ4n) is 3.04. The number of aromatic nitrogens is 5. The van der Waals surface area contributed by atoms with Crippen LogP contribution in [-0.2, 0) is 17.8 Å². The molecule has 0 aliphatic carbocycles. The third kappa shape index (κ3) is 3.20. The zero-order valence-electron chi connectivity index (χ0n) is 13.4. The summed E-state index contributed by atoms with van der Waals surface area (Å²) in [6.07, 6.45) is 6.49. The van der Waals surface area contributed by atoms with Crippen LogP contribution >= 0.6 is 0 Å². The normalized spacial score (nSPS) is 22.7. The summed E-state index contributed by atoms with van der Waals surface area (Å²) in [6.45, 7) is 6.92. The average Bonchev–Trinajstić information content (AvgIpc) is 3.20. The summed E-state index contributed by atoms with van der Waals surface area (Å²) in [5, 5.41) is 4.35. The van der Waals surface area contributed by atoms with Gasteiger partial charge >= 0.3 is 0 Å². The van der Waals surface area contributed by atoms with E-state index in [1.54, 1.807) is 19.6 Å². The highest BCUT2D eigenvalue weighted by Crippen LogP contribution is 2.32. The number of rotatable bonds is 6. The van der Waals surface area contributed by atoms with Crippen LogP contribution in [0.4, 0.5) is 0 Å². The molecule has 0 amide bonds. The smallest absolute Gasteiger partial charge is 0.141 e. The van der Waals surface area contributed by atoms with E-state index >= 15 is 0 Å². The number of nitrogens with zero attached hydrogens (tertiary/aromatic N) is 5. The molecule has 22 heavy (non-hydrogen) atoms. The van der Waals surface area contributed by atoms with E-state index in [1.165, 1.54) is 0 Å². The fourth-order valence-corrected chi connectivity index (χ4v) is 3.04. The first-order chi connectivity index (χ1) is 10.7. The monoisotopic (exact) mass is 304 g/mol. The van der Waals surface area contributed by atoms with Crippen molar-refractivity contribution in [2.24, 2.45) is 5.92 Å².